The van der Waals surface area contributed by atoms with Crippen LogP contribution in [0, 0.1) is 0 Å². The zero-order chi connectivity index (χ0) is 23.6. The first-order valence-electron chi connectivity index (χ1n) is 9.82. The van der Waals surface area contributed by atoms with Gasteiger partial charge in [0.05, 0.1) is 29.7 Å². The number of methoxy groups -OCH3 is 1. The van der Waals surface area contributed by atoms with Crippen molar-refractivity contribution in [2.45, 2.75) is 38.6 Å². The molecule has 1 amide bonds. The number of halogens is 4. The van der Waals surface area contributed by atoms with Gasteiger partial charge in [-0.3, -0.25) is 4.79 Å². The van der Waals surface area contributed by atoms with Gasteiger partial charge in [-0.25, -0.2) is 9.50 Å². The van der Waals surface area contributed by atoms with Gasteiger partial charge in [0.2, 0.25) is 5.91 Å². The summed E-state index contributed by atoms with van der Waals surface area (Å²) in [6, 6.07) is 3.69. The molecule has 0 bridgehead atoms. The van der Waals surface area contributed by atoms with Gasteiger partial charge in [0.15, 0.2) is 11.7 Å². The maximum Gasteiger partial charge on any atom is 0.413 e. The molecule has 7 nitrogen and oxygen atoms in total. The molecule has 2 aromatic heterocycles. The van der Waals surface area contributed by atoms with Crippen molar-refractivity contribution in [1.29, 1.82) is 0 Å². The topological polar surface area (TPSA) is 71.8 Å². The minimum atomic E-state index is -4.61. The molecule has 0 fully saturated rings. The summed E-state index contributed by atoms with van der Waals surface area (Å²) in [5.74, 6) is -0.592. The molecule has 32 heavy (non-hydrogen) atoms. The third kappa shape index (κ3) is 4.81. The first-order valence-corrected chi connectivity index (χ1v) is 10.2. The molecular formula is C21H23ClF3N5O2. The Morgan fingerprint density at radius 2 is 1.97 bits per heavy atom. The number of anilines is 2. The normalized spacial score (nSPS) is 13.8. The second-order valence-corrected chi connectivity index (χ2v) is 7.62. The number of hydrogen-bond donors (Lipinski definition) is 1. The van der Waals surface area contributed by atoms with Crippen LogP contribution in [0.4, 0.5) is 24.5 Å². The van der Waals surface area contributed by atoms with Gasteiger partial charge < -0.3 is 15.0 Å². The maximum absolute atomic E-state index is 13.7. The number of benzene rings is 1. The van der Waals surface area contributed by atoms with E-state index in [1.807, 2.05) is 6.92 Å². The lowest BCUT2D eigenvalue weighted by Crippen LogP contribution is -2.39. The van der Waals surface area contributed by atoms with Crippen LogP contribution in [0.15, 0.2) is 36.7 Å². The first-order chi connectivity index (χ1) is 15.1. The predicted molar refractivity (Wildman–Crippen MR) is 115 cm³/mol. The van der Waals surface area contributed by atoms with Crippen LogP contribution < -0.4 is 5.32 Å². The Morgan fingerprint density at radius 3 is 2.53 bits per heavy atom. The quantitative estimate of drug-likeness (QED) is 0.508. The van der Waals surface area contributed by atoms with Crippen molar-refractivity contribution in [3.63, 3.8) is 0 Å². The highest BCUT2D eigenvalue weighted by atomic mass is 35.5. The minimum absolute atomic E-state index is 0.0174. The van der Waals surface area contributed by atoms with Crippen LogP contribution >= 0.6 is 11.6 Å². The van der Waals surface area contributed by atoms with Crippen molar-refractivity contribution in [1.82, 2.24) is 19.5 Å². The lowest BCUT2D eigenvalue weighted by Gasteiger charge is -2.30. The monoisotopic (exact) mass is 469 g/mol. The second-order valence-electron chi connectivity index (χ2n) is 7.23. The number of nitrogens with one attached hydrogen (secondary N) is 1. The summed E-state index contributed by atoms with van der Waals surface area (Å²) in [6.45, 7) is 3.36. The number of nitrogens with zero attached hydrogens (tertiary/aromatic N) is 4. The Morgan fingerprint density at radius 1 is 1.31 bits per heavy atom. The summed E-state index contributed by atoms with van der Waals surface area (Å²) >= 11 is 6.00. The predicted octanol–water partition coefficient (Wildman–Crippen LogP) is 5.31. The lowest BCUT2D eigenvalue weighted by molar-refractivity contribution is -0.188. The average molecular weight is 470 g/mol. The van der Waals surface area contributed by atoms with Gasteiger partial charge in [-0.05, 0) is 24.6 Å². The van der Waals surface area contributed by atoms with Crippen LogP contribution in [0.5, 0.6) is 0 Å². The average Bonchev–Trinajstić information content (AvgIpc) is 3.12. The molecule has 0 saturated carbocycles. The van der Waals surface area contributed by atoms with Crippen LogP contribution in [0.3, 0.4) is 0 Å². The van der Waals surface area contributed by atoms with Crippen LogP contribution in [-0.2, 0) is 9.53 Å². The third-order valence-corrected chi connectivity index (χ3v) is 5.34. The van der Waals surface area contributed by atoms with E-state index in [-0.39, 0.29) is 23.2 Å². The van der Waals surface area contributed by atoms with Gasteiger partial charge in [0, 0.05) is 26.3 Å². The number of hydrogen-bond acceptors (Lipinski definition) is 5. The molecule has 0 spiro atoms. The van der Waals surface area contributed by atoms with Gasteiger partial charge in [-0.1, -0.05) is 30.7 Å². The molecule has 1 N–H and O–H groups in total. The van der Waals surface area contributed by atoms with Crippen LogP contribution in [0.2, 0.25) is 5.15 Å². The highest BCUT2D eigenvalue weighted by Crippen LogP contribution is 2.38. The Balaban J connectivity index is 1.95. The number of carbonyl (C=O) groups excluding carboxylic acids is 1. The minimum Gasteiger partial charge on any atom is -0.377 e. The molecule has 0 aliphatic carbocycles. The summed E-state index contributed by atoms with van der Waals surface area (Å²) in [5.41, 5.74) is 2.27. The fraction of sp³-hybridized carbons (Fsp3) is 0.381. The molecule has 172 valence electrons. The van der Waals surface area contributed by atoms with E-state index in [4.69, 9.17) is 16.3 Å². The highest BCUT2D eigenvalue weighted by Gasteiger charge is 2.44. The van der Waals surface area contributed by atoms with Crippen LogP contribution in [-0.4, -0.2) is 45.7 Å². The zero-order valence-corrected chi connectivity index (χ0v) is 18.7. The summed E-state index contributed by atoms with van der Waals surface area (Å²) in [4.78, 5) is 16.9. The van der Waals surface area contributed by atoms with E-state index in [1.165, 1.54) is 35.7 Å². The van der Waals surface area contributed by atoms with Gasteiger partial charge in [-0.2, -0.15) is 18.3 Å². The number of imidazole rings is 1. The number of rotatable bonds is 7. The molecule has 0 unspecified atom stereocenters. The highest BCUT2D eigenvalue weighted by molar-refractivity contribution is 6.29. The Bertz CT molecular complexity index is 1100. The summed E-state index contributed by atoms with van der Waals surface area (Å²) in [7, 11) is 2.71. The van der Waals surface area contributed by atoms with E-state index in [0.29, 0.717) is 22.6 Å². The van der Waals surface area contributed by atoms with Crippen LogP contribution in [0.1, 0.15) is 43.5 Å². The van der Waals surface area contributed by atoms with Gasteiger partial charge in [-0.15, -0.1) is 0 Å². The molecule has 0 aliphatic rings. The van der Waals surface area contributed by atoms with Crippen molar-refractivity contribution in [3.05, 3.63) is 52.9 Å². The number of aromatic nitrogens is 3. The van der Waals surface area contributed by atoms with Crippen molar-refractivity contribution < 1.29 is 22.7 Å². The number of amides is 1. The fourth-order valence-corrected chi connectivity index (χ4v) is 3.65. The molecule has 3 rings (SSSR count). The van der Waals surface area contributed by atoms with Crippen molar-refractivity contribution in [3.8, 4) is 0 Å². The van der Waals surface area contributed by atoms with Gasteiger partial charge >= 0.3 is 6.18 Å². The van der Waals surface area contributed by atoms with E-state index >= 15 is 0 Å². The van der Waals surface area contributed by atoms with Crippen LogP contribution in [0.25, 0.3) is 5.65 Å². The van der Waals surface area contributed by atoms with E-state index in [9.17, 15) is 18.0 Å². The lowest BCUT2D eigenvalue weighted by atomic mass is 10.0. The second kappa shape index (κ2) is 9.33. The number of ether oxygens (including phenoxy) is 1. The largest absolute Gasteiger partial charge is 0.413 e. The molecule has 11 heteroatoms. The molecule has 0 radical (unpaired) electrons. The fourth-order valence-electron chi connectivity index (χ4n) is 3.47. The molecule has 2 heterocycles. The molecular weight excluding hydrogens is 447 g/mol. The molecule has 1 aromatic carbocycles. The molecule has 0 saturated heterocycles. The SMILES string of the molecule is CCC(=O)N(C)[C@@H](c1ccc(Nc2cnn3cc(Cl)nc3c2[C@H](C)OC)cc1)C(F)(F)F. The Labute approximate surface area is 188 Å². The zero-order valence-electron chi connectivity index (χ0n) is 17.9. The van der Waals surface area contributed by atoms with Crippen molar-refractivity contribution in [2.24, 2.45) is 0 Å². The third-order valence-electron chi connectivity index (χ3n) is 5.16. The van der Waals surface area contributed by atoms with Gasteiger partial charge in [0.25, 0.3) is 0 Å². The number of fused-ring (bicyclic) bond motifs is 1. The molecule has 2 atom stereocenters. The first kappa shape index (κ1) is 23.8. The Hall–Kier alpha value is -2.85. The number of carbonyl (C=O) groups is 1. The standard InChI is InChI=1S/C21H23ClF3N5O2/c1-5-17(31)29(3)19(21(23,24)25)13-6-8-14(9-7-13)27-15-10-26-30-11-16(22)28-20(30)18(15)12(2)32-4/h6-12,19,27H,5H2,1-4H3/t12-,19-/m0/s1. The van der Waals surface area contributed by atoms with E-state index in [0.717, 1.165) is 11.9 Å². The van der Waals surface area contributed by atoms with E-state index in [2.05, 4.69) is 15.4 Å². The van der Waals surface area contributed by atoms with E-state index < -0.39 is 18.1 Å². The summed E-state index contributed by atoms with van der Waals surface area (Å²) < 4.78 is 48.0. The maximum atomic E-state index is 13.7. The Kier molecular flexibility index (Phi) is 6.94. The van der Waals surface area contributed by atoms with Crippen molar-refractivity contribution >= 4 is 34.5 Å². The summed E-state index contributed by atoms with van der Waals surface area (Å²) in [6.07, 6.45) is -1.85. The number of alkyl halides is 3. The molecule has 0 aliphatic heterocycles. The van der Waals surface area contributed by atoms with Gasteiger partial charge in [0.1, 0.15) is 5.15 Å². The molecule has 3 aromatic rings. The van der Waals surface area contributed by atoms with E-state index in [1.54, 1.807) is 19.5 Å². The summed E-state index contributed by atoms with van der Waals surface area (Å²) in [5, 5.41) is 7.69. The smallest absolute Gasteiger partial charge is 0.377 e. The van der Waals surface area contributed by atoms with Crippen molar-refractivity contribution in [2.75, 3.05) is 19.5 Å².